The predicted molar refractivity (Wildman–Crippen MR) is 99.7 cm³/mol. The monoisotopic (exact) mass is 394 g/mol. The summed E-state index contributed by atoms with van der Waals surface area (Å²) >= 11 is 0. The maximum Gasteiger partial charge on any atom is 0.311 e. The first-order valence-corrected chi connectivity index (χ1v) is 10.9. The molecule has 2 aliphatic rings. The molecule has 0 unspecified atom stereocenters. The van der Waals surface area contributed by atoms with E-state index in [0.717, 1.165) is 24.8 Å². The number of sulfonamides is 1. The molecule has 2 fully saturated rings. The van der Waals surface area contributed by atoms with Crippen molar-refractivity contribution >= 4 is 21.9 Å². The van der Waals surface area contributed by atoms with Gasteiger partial charge in [0, 0.05) is 26.1 Å². The van der Waals surface area contributed by atoms with Gasteiger partial charge < -0.3 is 10.4 Å². The SMILES string of the molecule is O=C(CCc1ccc(S(=O)(=O)N2CCCCC2)cc1)NCC1(C(=O)O)CC1. The van der Waals surface area contributed by atoms with Crippen LogP contribution in [0.15, 0.2) is 29.2 Å². The van der Waals surface area contributed by atoms with Crippen molar-refractivity contribution in [3.05, 3.63) is 29.8 Å². The Balaban J connectivity index is 1.50. The third kappa shape index (κ3) is 4.68. The van der Waals surface area contributed by atoms with Crippen LogP contribution in [0.5, 0.6) is 0 Å². The molecule has 1 heterocycles. The van der Waals surface area contributed by atoms with Crippen LogP contribution in [0.2, 0.25) is 0 Å². The number of aryl methyl sites for hydroxylation is 1. The van der Waals surface area contributed by atoms with Gasteiger partial charge in [-0.2, -0.15) is 4.31 Å². The molecule has 8 heteroatoms. The zero-order valence-corrected chi connectivity index (χ0v) is 16.1. The van der Waals surface area contributed by atoms with Gasteiger partial charge in [0.05, 0.1) is 10.3 Å². The number of benzene rings is 1. The van der Waals surface area contributed by atoms with Crippen LogP contribution in [0.1, 0.15) is 44.1 Å². The van der Waals surface area contributed by atoms with Crippen LogP contribution in [0.25, 0.3) is 0 Å². The molecule has 1 aliphatic heterocycles. The van der Waals surface area contributed by atoms with Crippen molar-refractivity contribution in [1.29, 1.82) is 0 Å². The first-order valence-electron chi connectivity index (χ1n) is 9.43. The van der Waals surface area contributed by atoms with Crippen molar-refractivity contribution in [2.45, 2.75) is 49.8 Å². The smallest absolute Gasteiger partial charge is 0.311 e. The molecule has 1 amide bonds. The summed E-state index contributed by atoms with van der Waals surface area (Å²) in [7, 11) is -3.44. The number of nitrogens with one attached hydrogen (secondary N) is 1. The molecular formula is C19H26N2O5S. The van der Waals surface area contributed by atoms with Gasteiger partial charge >= 0.3 is 5.97 Å². The summed E-state index contributed by atoms with van der Waals surface area (Å²) in [5, 5.41) is 11.8. The van der Waals surface area contributed by atoms with Crippen molar-refractivity contribution in [2.24, 2.45) is 5.41 Å². The number of carbonyl (C=O) groups excluding carboxylic acids is 1. The second-order valence-electron chi connectivity index (χ2n) is 7.47. The van der Waals surface area contributed by atoms with Crippen LogP contribution in [-0.2, 0) is 26.0 Å². The summed E-state index contributed by atoms with van der Waals surface area (Å²) in [6, 6.07) is 6.68. The van der Waals surface area contributed by atoms with E-state index in [1.54, 1.807) is 24.3 Å². The highest BCUT2D eigenvalue weighted by Crippen LogP contribution is 2.45. The van der Waals surface area contributed by atoms with Crippen molar-refractivity contribution in [2.75, 3.05) is 19.6 Å². The van der Waals surface area contributed by atoms with Gasteiger partial charge in [0.2, 0.25) is 15.9 Å². The van der Waals surface area contributed by atoms with Gasteiger partial charge in [0.1, 0.15) is 0 Å². The number of rotatable bonds is 8. The van der Waals surface area contributed by atoms with E-state index in [-0.39, 0.29) is 23.8 Å². The van der Waals surface area contributed by atoms with Crippen molar-refractivity contribution in [3.63, 3.8) is 0 Å². The Morgan fingerprint density at radius 3 is 2.26 bits per heavy atom. The third-order valence-corrected chi connectivity index (χ3v) is 7.36. The molecule has 148 valence electrons. The van der Waals surface area contributed by atoms with Gasteiger partial charge in [-0.25, -0.2) is 8.42 Å². The number of nitrogens with zero attached hydrogens (tertiary/aromatic N) is 1. The summed E-state index contributed by atoms with van der Waals surface area (Å²) in [6.07, 6.45) is 4.81. The van der Waals surface area contributed by atoms with Crippen LogP contribution in [0, 0.1) is 5.41 Å². The molecule has 0 radical (unpaired) electrons. The molecule has 0 bridgehead atoms. The lowest BCUT2D eigenvalue weighted by molar-refractivity contribution is -0.143. The molecule has 1 saturated heterocycles. The van der Waals surface area contributed by atoms with Crippen LogP contribution in [-0.4, -0.2) is 49.3 Å². The number of carboxylic acids is 1. The fraction of sp³-hybridized carbons (Fsp3) is 0.579. The highest BCUT2D eigenvalue weighted by atomic mass is 32.2. The number of amides is 1. The lowest BCUT2D eigenvalue weighted by Crippen LogP contribution is -2.35. The molecule has 0 atom stereocenters. The van der Waals surface area contributed by atoms with E-state index < -0.39 is 21.4 Å². The highest BCUT2D eigenvalue weighted by molar-refractivity contribution is 7.89. The molecule has 1 saturated carbocycles. The van der Waals surface area contributed by atoms with Gasteiger partial charge in [-0.15, -0.1) is 0 Å². The number of hydrogen-bond acceptors (Lipinski definition) is 4. The summed E-state index contributed by atoms with van der Waals surface area (Å²) in [5.41, 5.74) is 0.113. The topological polar surface area (TPSA) is 104 Å². The summed E-state index contributed by atoms with van der Waals surface area (Å²) in [4.78, 5) is 23.3. The average Bonchev–Trinajstić information content (AvgIpc) is 3.47. The van der Waals surface area contributed by atoms with Crippen LogP contribution in [0.3, 0.4) is 0 Å². The van der Waals surface area contributed by atoms with Crippen LogP contribution >= 0.6 is 0 Å². The molecule has 2 N–H and O–H groups in total. The van der Waals surface area contributed by atoms with E-state index in [2.05, 4.69) is 5.32 Å². The number of carboxylic acid groups (broad SMARTS) is 1. The predicted octanol–water partition coefficient (Wildman–Crippen LogP) is 1.77. The maximum absolute atomic E-state index is 12.6. The van der Waals surface area contributed by atoms with Crippen LogP contribution in [0.4, 0.5) is 0 Å². The van der Waals surface area contributed by atoms with E-state index in [1.165, 1.54) is 4.31 Å². The number of hydrogen-bond donors (Lipinski definition) is 2. The van der Waals surface area contributed by atoms with Crippen LogP contribution < -0.4 is 5.32 Å². The van der Waals surface area contributed by atoms with Gasteiger partial charge in [0.15, 0.2) is 0 Å². The lowest BCUT2D eigenvalue weighted by Gasteiger charge is -2.25. The van der Waals surface area contributed by atoms with Gasteiger partial charge in [-0.1, -0.05) is 18.6 Å². The maximum atomic E-state index is 12.6. The Bertz CT molecular complexity index is 794. The van der Waals surface area contributed by atoms with Gasteiger partial charge in [-0.05, 0) is 49.8 Å². The molecule has 1 aromatic carbocycles. The molecule has 1 aromatic rings. The van der Waals surface area contributed by atoms with E-state index in [4.69, 9.17) is 5.11 Å². The Kier molecular flexibility index (Phi) is 5.86. The standard InChI is InChI=1S/C19H26N2O5S/c22-17(20-14-19(10-11-19)18(23)24)9-6-15-4-7-16(8-5-15)27(25,26)21-12-2-1-3-13-21/h4-5,7-8H,1-3,6,9-14H2,(H,20,22)(H,23,24). The largest absolute Gasteiger partial charge is 0.481 e. The molecule has 1 aliphatic carbocycles. The second kappa shape index (κ2) is 7.98. The van der Waals surface area contributed by atoms with E-state index in [9.17, 15) is 18.0 Å². The fourth-order valence-corrected chi connectivity index (χ4v) is 4.83. The molecule has 7 nitrogen and oxygen atoms in total. The number of piperidine rings is 1. The molecule has 0 spiro atoms. The van der Waals surface area contributed by atoms with Crippen molar-refractivity contribution in [1.82, 2.24) is 9.62 Å². The minimum atomic E-state index is -3.44. The first kappa shape index (κ1) is 19.8. The van der Waals surface area contributed by atoms with Crippen molar-refractivity contribution < 1.29 is 23.1 Å². The summed E-state index contributed by atoms with van der Waals surface area (Å²) in [5.74, 6) is -1.04. The molecule has 27 heavy (non-hydrogen) atoms. The summed E-state index contributed by atoms with van der Waals surface area (Å²) in [6.45, 7) is 1.32. The lowest BCUT2D eigenvalue weighted by atomic mass is 10.1. The van der Waals surface area contributed by atoms with E-state index in [0.29, 0.717) is 32.4 Å². The van der Waals surface area contributed by atoms with Gasteiger partial charge in [-0.3, -0.25) is 9.59 Å². The minimum Gasteiger partial charge on any atom is -0.481 e. The van der Waals surface area contributed by atoms with Gasteiger partial charge in [0.25, 0.3) is 0 Å². The quantitative estimate of drug-likeness (QED) is 0.699. The zero-order valence-electron chi connectivity index (χ0n) is 15.3. The third-order valence-electron chi connectivity index (χ3n) is 5.45. The Morgan fingerprint density at radius 1 is 1.07 bits per heavy atom. The summed E-state index contributed by atoms with van der Waals surface area (Å²) < 4.78 is 26.8. The van der Waals surface area contributed by atoms with E-state index >= 15 is 0 Å². The highest BCUT2D eigenvalue weighted by Gasteiger charge is 2.50. The normalized spacial score (nSPS) is 19.4. The Labute approximate surface area is 159 Å². The molecule has 3 rings (SSSR count). The Hall–Kier alpha value is -1.93. The van der Waals surface area contributed by atoms with Crippen molar-refractivity contribution in [3.8, 4) is 0 Å². The first-order chi connectivity index (χ1) is 12.8. The fourth-order valence-electron chi connectivity index (χ4n) is 3.31. The second-order valence-corrected chi connectivity index (χ2v) is 9.41. The van der Waals surface area contributed by atoms with E-state index in [1.807, 2.05) is 0 Å². The number of aliphatic carboxylic acids is 1. The minimum absolute atomic E-state index is 0.175. The zero-order chi connectivity index (χ0) is 19.5. The number of carbonyl (C=O) groups is 2. The molecule has 0 aromatic heterocycles. The average molecular weight is 394 g/mol. The Morgan fingerprint density at radius 2 is 1.70 bits per heavy atom. The molecular weight excluding hydrogens is 368 g/mol.